The van der Waals surface area contributed by atoms with Crippen LogP contribution in [0.1, 0.15) is 23.0 Å². The van der Waals surface area contributed by atoms with Gasteiger partial charge in [-0.05, 0) is 44.2 Å². The first-order valence-electron chi connectivity index (χ1n) is 9.90. The maximum Gasteiger partial charge on any atom is 0.425 e. The van der Waals surface area contributed by atoms with E-state index in [0.29, 0.717) is 26.2 Å². The summed E-state index contributed by atoms with van der Waals surface area (Å²) in [7, 11) is -3.68. The van der Waals surface area contributed by atoms with Gasteiger partial charge >= 0.3 is 6.18 Å². The number of rotatable bonds is 5. The molecular formula is C21H24F3N3O4S. The number of anilines is 1. The van der Waals surface area contributed by atoms with Crippen LogP contribution in [-0.2, 0) is 9.84 Å². The molecule has 0 aliphatic carbocycles. The molecule has 1 aliphatic heterocycles. The monoisotopic (exact) mass is 471 g/mol. The molecule has 0 N–H and O–H groups in total. The summed E-state index contributed by atoms with van der Waals surface area (Å²) >= 11 is 0. The Kier molecular flexibility index (Phi) is 6.68. The number of hydrogen-bond acceptors (Lipinski definition) is 6. The number of alkyl halides is 3. The number of pyridine rings is 1. The third-order valence-corrected chi connectivity index (χ3v) is 6.31. The minimum absolute atomic E-state index is 0.169. The van der Waals surface area contributed by atoms with E-state index in [2.05, 4.69) is 4.98 Å². The van der Waals surface area contributed by atoms with E-state index in [1.807, 2.05) is 24.0 Å². The minimum Gasteiger partial charge on any atom is -0.480 e. The first kappa shape index (κ1) is 23.8. The van der Waals surface area contributed by atoms with Gasteiger partial charge in [0.25, 0.3) is 5.91 Å². The lowest BCUT2D eigenvalue weighted by atomic mass is 10.1. The smallest absolute Gasteiger partial charge is 0.425 e. The van der Waals surface area contributed by atoms with Crippen molar-refractivity contribution < 1.29 is 31.1 Å². The molecule has 1 aliphatic rings. The van der Waals surface area contributed by atoms with Gasteiger partial charge in [0.05, 0.1) is 22.3 Å². The number of aromatic nitrogens is 1. The van der Waals surface area contributed by atoms with Crippen LogP contribution in [0.4, 0.5) is 18.9 Å². The molecule has 1 saturated heterocycles. The van der Waals surface area contributed by atoms with Crippen molar-refractivity contribution in [1.82, 2.24) is 9.88 Å². The summed E-state index contributed by atoms with van der Waals surface area (Å²) in [6.45, 7) is 4.32. The highest BCUT2D eigenvalue weighted by Gasteiger charge is 2.39. The summed E-state index contributed by atoms with van der Waals surface area (Å²) in [6, 6.07) is 7.12. The quantitative estimate of drug-likeness (QED) is 0.667. The number of amides is 1. The fourth-order valence-electron chi connectivity index (χ4n) is 3.25. The van der Waals surface area contributed by atoms with E-state index in [0.717, 1.165) is 42.8 Å². The van der Waals surface area contributed by atoms with E-state index >= 15 is 0 Å². The van der Waals surface area contributed by atoms with Crippen LogP contribution in [-0.4, -0.2) is 68.9 Å². The predicted octanol–water partition coefficient (Wildman–Crippen LogP) is 3.09. The zero-order valence-corrected chi connectivity index (χ0v) is 18.7. The van der Waals surface area contributed by atoms with Crippen molar-refractivity contribution in [2.45, 2.75) is 31.0 Å². The van der Waals surface area contributed by atoms with Crippen LogP contribution in [0.15, 0.2) is 41.4 Å². The van der Waals surface area contributed by atoms with E-state index < -0.39 is 28.0 Å². The van der Waals surface area contributed by atoms with Gasteiger partial charge in [0, 0.05) is 38.1 Å². The summed E-state index contributed by atoms with van der Waals surface area (Å²) in [6.07, 6.45) is -4.09. The molecule has 1 fully saturated rings. The van der Waals surface area contributed by atoms with Crippen molar-refractivity contribution in [3.05, 3.63) is 47.8 Å². The van der Waals surface area contributed by atoms with E-state index in [9.17, 15) is 26.4 Å². The largest absolute Gasteiger partial charge is 0.480 e. The molecule has 0 saturated carbocycles. The van der Waals surface area contributed by atoms with Crippen LogP contribution < -0.4 is 9.64 Å². The van der Waals surface area contributed by atoms with Crippen LogP contribution in [0.2, 0.25) is 0 Å². The number of halogens is 3. The minimum atomic E-state index is -4.64. The Morgan fingerprint density at radius 3 is 2.31 bits per heavy atom. The molecular weight excluding hydrogens is 447 g/mol. The first-order chi connectivity index (χ1) is 14.9. The third kappa shape index (κ3) is 5.50. The molecule has 11 heteroatoms. The van der Waals surface area contributed by atoms with E-state index in [4.69, 9.17) is 4.74 Å². The summed E-state index contributed by atoms with van der Waals surface area (Å²) in [4.78, 5) is 20.8. The standard InChI is InChI=1S/C21H24F3N3O4S/c1-14-4-5-16(13-25-14)26-8-10-27(11-9-26)20(28)18-12-17(32(3,29)30)6-7-19(18)31-15(2)21(22,23)24/h4-7,12-13,15H,8-11H2,1-3H3. The second-order valence-corrected chi connectivity index (χ2v) is 9.68. The van der Waals surface area contributed by atoms with Crippen molar-refractivity contribution in [1.29, 1.82) is 0 Å². The van der Waals surface area contributed by atoms with Gasteiger partial charge in [-0.25, -0.2) is 8.42 Å². The Balaban J connectivity index is 1.83. The molecule has 1 aromatic carbocycles. The molecule has 0 radical (unpaired) electrons. The lowest BCUT2D eigenvalue weighted by Crippen LogP contribution is -2.49. The summed E-state index contributed by atoms with van der Waals surface area (Å²) in [5, 5.41) is 0. The second kappa shape index (κ2) is 8.97. The number of carbonyl (C=O) groups is 1. The van der Waals surface area contributed by atoms with Crippen molar-refractivity contribution >= 4 is 21.4 Å². The highest BCUT2D eigenvalue weighted by atomic mass is 32.2. The van der Waals surface area contributed by atoms with Crippen molar-refractivity contribution in [3.63, 3.8) is 0 Å². The molecule has 2 heterocycles. The Morgan fingerprint density at radius 2 is 1.78 bits per heavy atom. The Morgan fingerprint density at radius 1 is 1.12 bits per heavy atom. The zero-order valence-electron chi connectivity index (χ0n) is 17.9. The highest BCUT2D eigenvalue weighted by molar-refractivity contribution is 7.90. The van der Waals surface area contributed by atoms with Gasteiger partial charge in [-0.1, -0.05) is 0 Å². The maximum atomic E-state index is 13.2. The van der Waals surface area contributed by atoms with Crippen LogP contribution in [0.3, 0.4) is 0 Å². The lowest BCUT2D eigenvalue weighted by molar-refractivity contribution is -0.189. The Hall–Kier alpha value is -2.82. The summed E-state index contributed by atoms with van der Waals surface area (Å²) < 4.78 is 67.9. The Labute approximate surface area is 184 Å². The number of benzene rings is 1. The summed E-state index contributed by atoms with van der Waals surface area (Å²) in [5.74, 6) is -0.890. The molecule has 1 amide bonds. The third-order valence-electron chi connectivity index (χ3n) is 5.20. The SMILES string of the molecule is Cc1ccc(N2CCN(C(=O)c3cc(S(C)(=O)=O)ccc3OC(C)C(F)(F)F)CC2)cn1. The van der Waals surface area contributed by atoms with Crippen molar-refractivity contribution in [3.8, 4) is 5.75 Å². The van der Waals surface area contributed by atoms with Crippen molar-refractivity contribution in [2.75, 3.05) is 37.3 Å². The van der Waals surface area contributed by atoms with Gasteiger partial charge in [-0.15, -0.1) is 0 Å². The predicted molar refractivity (Wildman–Crippen MR) is 113 cm³/mol. The molecule has 174 valence electrons. The molecule has 7 nitrogen and oxygen atoms in total. The molecule has 32 heavy (non-hydrogen) atoms. The number of carbonyl (C=O) groups excluding carboxylic acids is 1. The average Bonchev–Trinajstić information content (AvgIpc) is 2.73. The number of aryl methyl sites for hydroxylation is 1. The molecule has 1 aromatic heterocycles. The molecule has 1 atom stereocenters. The zero-order chi connectivity index (χ0) is 23.7. The molecule has 0 spiro atoms. The highest BCUT2D eigenvalue weighted by Crippen LogP contribution is 2.30. The number of ether oxygens (including phenoxy) is 1. The van der Waals surface area contributed by atoms with Gasteiger partial charge in [0.15, 0.2) is 15.9 Å². The van der Waals surface area contributed by atoms with E-state index in [1.165, 1.54) is 4.90 Å². The van der Waals surface area contributed by atoms with Crippen LogP contribution in [0.25, 0.3) is 0 Å². The van der Waals surface area contributed by atoms with Crippen LogP contribution >= 0.6 is 0 Å². The fourth-order valence-corrected chi connectivity index (χ4v) is 3.90. The second-order valence-electron chi connectivity index (χ2n) is 7.67. The lowest BCUT2D eigenvalue weighted by Gasteiger charge is -2.36. The van der Waals surface area contributed by atoms with Crippen LogP contribution in [0, 0.1) is 6.92 Å². The summed E-state index contributed by atoms with van der Waals surface area (Å²) in [5.41, 5.74) is 1.58. The van der Waals surface area contributed by atoms with Crippen molar-refractivity contribution in [2.24, 2.45) is 0 Å². The number of nitrogens with zero attached hydrogens (tertiary/aromatic N) is 3. The van der Waals surface area contributed by atoms with Crippen LogP contribution in [0.5, 0.6) is 5.75 Å². The molecule has 3 rings (SSSR count). The van der Waals surface area contributed by atoms with Gasteiger partial charge < -0.3 is 14.5 Å². The van der Waals surface area contributed by atoms with Gasteiger partial charge in [-0.2, -0.15) is 13.2 Å². The topological polar surface area (TPSA) is 79.8 Å². The molecule has 1 unspecified atom stereocenters. The van der Waals surface area contributed by atoms with E-state index in [1.54, 1.807) is 6.20 Å². The normalized spacial score (nSPS) is 16.1. The molecule has 0 bridgehead atoms. The maximum absolute atomic E-state index is 13.2. The molecule has 2 aromatic rings. The fraction of sp³-hybridized carbons (Fsp3) is 0.429. The number of hydrogen-bond donors (Lipinski definition) is 0. The van der Waals surface area contributed by atoms with Gasteiger partial charge in [0.1, 0.15) is 5.75 Å². The number of sulfone groups is 1. The van der Waals surface area contributed by atoms with Gasteiger partial charge in [-0.3, -0.25) is 9.78 Å². The number of piperazine rings is 1. The average molecular weight is 472 g/mol. The Bertz CT molecular complexity index is 1080. The van der Waals surface area contributed by atoms with Gasteiger partial charge in [0.2, 0.25) is 0 Å². The van der Waals surface area contributed by atoms with E-state index in [-0.39, 0.29) is 16.2 Å². The first-order valence-corrected chi connectivity index (χ1v) is 11.8.